The molecule has 0 saturated carbocycles. The fourth-order valence-electron chi connectivity index (χ4n) is 2.42. The highest BCUT2D eigenvalue weighted by atomic mass is 35.5. The molecule has 1 aromatic heterocycles. The van der Waals surface area contributed by atoms with Crippen LogP contribution in [0.2, 0.25) is 5.02 Å². The molecule has 0 saturated heterocycles. The second-order valence-corrected chi connectivity index (χ2v) is 8.44. The van der Waals surface area contributed by atoms with Gasteiger partial charge in [0.15, 0.2) is 0 Å². The number of rotatable bonds is 2. The van der Waals surface area contributed by atoms with Crippen LogP contribution in [0.5, 0.6) is 0 Å². The van der Waals surface area contributed by atoms with Gasteiger partial charge in [0.05, 0.1) is 15.1 Å². The summed E-state index contributed by atoms with van der Waals surface area (Å²) in [6.45, 7) is 3.85. The summed E-state index contributed by atoms with van der Waals surface area (Å²) in [4.78, 5) is 0.612. The zero-order valence-electron chi connectivity index (χ0n) is 12.9. The first kappa shape index (κ1) is 16.2. The Morgan fingerprint density at radius 2 is 1.78 bits per heavy atom. The zero-order chi connectivity index (χ0) is 16.8. The number of aryl methyl sites for hydroxylation is 3. The van der Waals surface area contributed by atoms with Crippen molar-refractivity contribution < 1.29 is 8.42 Å². The summed E-state index contributed by atoms with van der Waals surface area (Å²) in [5, 5.41) is 0.629. The number of halogens is 1. The fraction of sp³-hybridized carbons (Fsp3) is 0.188. The predicted molar refractivity (Wildman–Crippen MR) is 94.5 cm³/mol. The van der Waals surface area contributed by atoms with Gasteiger partial charge in [-0.05, 0) is 43.7 Å². The van der Waals surface area contributed by atoms with Crippen molar-refractivity contribution in [3.8, 4) is 0 Å². The number of nitrogens with zero attached hydrogens (tertiary/aromatic N) is 2. The highest BCUT2D eigenvalue weighted by Gasteiger charge is 2.14. The van der Waals surface area contributed by atoms with Crippen molar-refractivity contribution in [3.63, 3.8) is 0 Å². The number of thiazole rings is 1. The van der Waals surface area contributed by atoms with Gasteiger partial charge in [-0.3, -0.25) is 0 Å². The molecule has 0 radical (unpaired) electrons. The highest BCUT2D eigenvalue weighted by molar-refractivity contribution is 7.90. The summed E-state index contributed by atoms with van der Waals surface area (Å²) in [5.74, 6) is 0. The van der Waals surface area contributed by atoms with E-state index in [-0.39, 0.29) is 4.90 Å². The molecule has 0 amide bonds. The number of hydrogen-bond donors (Lipinski definition) is 0. The molecule has 0 aliphatic heterocycles. The summed E-state index contributed by atoms with van der Waals surface area (Å²) in [7, 11) is -1.93. The van der Waals surface area contributed by atoms with Crippen LogP contribution in [-0.2, 0) is 17.1 Å². The van der Waals surface area contributed by atoms with Gasteiger partial charge in [-0.2, -0.15) is 8.42 Å². The van der Waals surface area contributed by atoms with E-state index in [1.807, 2.05) is 33.0 Å². The monoisotopic (exact) mass is 366 g/mol. The number of aromatic nitrogens is 1. The van der Waals surface area contributed by atoms with Crippen LogP contribution >= 0.6 is 22.9 Å². The largest absolute Gasteiger partial charge is 0.319 e. The average molecular weight is 367 g/mol. The first-order valence-corrected chi connectivity index (χ1v) is 9.55. The molecule has 3 aromatic rings. The second kappa shape index (κ2) is 5.78. The third-order valence-corrected chi connectivity index (χ3v) is 6.26. The Morgan fingerprint density at radius 3 is 2.43 bits per heavy atom. The van der Waals surface area contributed by atoms with Gasteiger partial charge in [0.2, 0.25) is 4.80 Å². The summed E-state index contributed by atoms with van der Waals surface area (Å²) in [6, 6.07) is 10.3. The topological polar surface area (TPSA) is 51.4 Å². The molecule has 7 heteroatoms. The molecule has 0 atom stereocenters. The zero-order valence-corrected chi connectivity index (χ0v) is 15.3. The first-order chi connectivity index (χ1) is 10.8. The van der Waals surface area contributed by atoms with Crippen molar-refractivity contribution in [2.45, 2.75) is 18.7 Å². The van der Waals surface area contributed by atoms with Gasteiger partial charge >= 0.3 is 0 Å². The van der Waals surface area contributed by atoms with E-state index < -0.39 is 10.0 Å². The molecule has 0 N–H and O–H groups in total. The van der Waals surface area contributed by atoms with E-state index in [1.54, 1.807) is 28.8 Å². The van der Waals surface area contributed by atoms with E-state index in [4.69, 9.17) is 11.6 Å². The Labute approximate surface area is 143 Å². The lowest BCUT2D eigenvalue weighted by Crippen LogP contribution is -2.14. The van der Waals surface area contributed by atoms with Crippen LogP contribution in [0.25, 0.3) is 10.2 Å². The summed E-state index contributed by atoms with van der Waals surface area (Å²) in [5.41, 5.74) is 2.93. The minimum absolute atomic E-state index is 0.190. The predicted octanol–water partition coefficient (Wildman–Crippen LogP) is 3.80. The maximum Gasteiger partial charge on any atom is 0.285 e. The Balaban J connectivity index is 2.23. The van der Waals surface area contributed by atoms with Crippen LogP contribution in [0, 0.1) is 13.8 Å². The molecule has 120 valence electrons. The van der Waals surface area contributed by atoms with Crippen LogP contribution in [0.1, 0.15) is 11.1 Å². The lowest BCUT2D eigenvalue weighted by atomic mass is 10.2. The third-order valence-electron chi connectivity index (χ3n) is 3.57. The Hall–Kier alpha value is -1.63. The van der Waals surface area contributed by atoms with Gasteiger partial charge in [0.25, 0.3) is 10.0 Å². The molecule has 23 heavy (non-hydrogen) atoms. The summed E-state index contributed by atoms with van der Waals surface area (Å²) < 4.78 is 31.7. The van der Waals surface area contributed by atoms with E-state index in [9.17, 15) is 8.42 Å². The quantitative estimate of drug-likeness (QED) is 0.692. The van der Waals surface area contributed by atoms with Crippen molar-refractivity contribution in [1.29, 1.82) is 0 Å². The molecule has 3 rings (SSSR count). The summed E-state index contributed by atoms with van der Waals surface area (Å²) >= 11 is 7.39. The van der Waals surface area contributed by atoms with Crippen molar-refractivity contribution in [3.05, 3.63) is 57.3 Å². The van der Waals surface area contributed by atoms with Crippen LogP contribution < -0.4 is 4.80 Å². The minimum atomic E-state index is -3.74. The SMILES string of the molecule is Cc1ccc(S(=O)(=O)/N=c2\sc3cc(Cl)cc(C)c3n2C)cc1. The van der Waals surface area contributed by atoms with Crippen LogP contribution in [0.4, 0.5) is 0 Å². The molecule has 0 fully saturated rings. The van der Waals surface area contributed by atoms with Crippen LogP contribution in [0.3, 0.4) is 0 Å². The second-order valence-electron chi connectivity index (χ2n) is 5.39. The summed E-state index contributed by atoms with van der Waals surface area (Å²) in [6.07, 6.45) is 0. The molecular formula is C16H15ClN2O2S2. The van der Waals surface area contributed by atoms with Gasteiger partial charge in [-0.15, -0.1) is 4.40 Å². The molecule has 0 unspecified atom stereocenters. The number of hydrogen-bond acceptors (Lipinski definition) is 3. The van der Waals surface area contributed by atoms with E-state index in [1.165, 1.54) is 11.3 Å². The van der Waals surface area contributed by atoms with E-state index in [0.717, 1.165) is 21.3 Å². The maximum absolute atomic E-state index is 12.5. The molecule has 0 spiro atoms. The normalized spacial score (nSPS) is 13.0. The average Bonchev–Trinajstić information content (AvgIpc) is 2.75. The molecule has 4 nitrogen and oxygen atoms in total. The molecule has 0 aliphatic rings. The molecule has 1 heterocycles. The van der Waals surface area contributed by atoms with E-state index in [2.05, 4.69) is 4.40 Å². The third kappa shape index (κ3) is 3.06. The van der Waals surface area contributed by atoms with Crippen molar-refractivity contribution in [1.82, 2.24) is 4.57 Å². The highest BCUT2D eigenvalue weighted by Crippen LogP contribution is 2.25. The van der Waals surface area contributed by atoms with Gasteiger partial charge in [0, 0.05) is 12.1 Å². The Kier molecular flexibility index (Phi) is 4.08. The smallest absolute Gasteiger partial charge is 0.285 e. The van der Waals surface area contributed by atoms with Crippen LogP contribution in [-0.4, -0.2) is 13.0 Å². The van der Waals surface area contributed by atoms with Crippen molar-refractivity contribution in [2.75, 3.05) is 0 Å². The number of sulfonamides is 1. The standard InChI is InChI=1S/C16H15ClN2O2S2/c1-10-4-6-13(7-5-10)23(20,21)18-16-19(3)15-11(2)8-12(17)9-14(15)22-16/h4-9H,1-3H3/b18-16-. The van der Waals surface area contributed by atoms with Gasteiger partial charge in [-0.1, -0.05) is 40.6 Å². The van der Waals surface area contributed by atoms with Gasteiger partial charge < -0.3 is 4.57 Å². The molecule has 0 bridgehead atoms. The molecule has 2 aromatic carbocycles. The van der Waals surface area contributed by atoms with E-state index >= 15 is 0 Å². The fourth-order valence-corrected chi connectivity index (χ4v) is 5.12. The number of fused-ring (bicyclic) bond motifs is 1. The van der Waals surface area contributed by atoms with Gasteiger partial charge in [0.1, 0.15) is 0 Å². The Morgan fingerprint density at radius 1 is 1.13 bits per heavy atom. The molecular weight excluding hydrogens is 352 g/mol. The lowest BCUT2D eigenvalue weighted by molar-refractivity contribution is 0.596. The van der Waals surface area contributed by atoms with Crippen LogP contribution in [0.15, 0.2) is 45.7 Å². The van der Waals surface area contributed by atoms with Crippen molar-refractivity contribution in [2.24, 2.45) is 11.4 Å². The molecule has 0 aliphatic carbocycles. The van der Waals surface area contributed by atoms with Crippen molar-refractivity contribution >= 4 is 43.2 Å². The van der Waals surface area contributed by atoms with E-state index in [0.29, 0.717) is 9.82 Å². The minimum Gasteiger partial charge on any atom is -0.319 e. The van der Waals surface area contributed by atoms with Gasteiger partial charge in [-0.25, -0.2) is 0 Å². The lowest BCUT2D eigenvalue weighted by Gasteiger charge is -2.01. The number of benzene rings is 2. The first-order valence-electron chi connectivity index (χ1n) is 6.91. The Bertz CT molecular complexity index is 1060. The maximum atomic E-state index is 12.5.